The van der Waals surface area contributed by atoms with E-state index in [0.29, 0.717) is 17.9 Å². The Balaban J connectivity index is 0.00000441. The van der Waals surface area contributed by atoms with Gasteiger partial charge >= 0.3 is 0 Å². The molecule has 0 aliphatic carbocycles. The van der Waals surface area contributed by atoms with E-state index in [1.54, 1.807) is 12.1 Å². The van der Waals surface area contributed by atoms with Gasteiger partial charge in [-0.2, -0.15) is 0 Å². The van der Waals surface area contributed by atoms with Crippen LogP contribution >= 0.6 is 12.4 Å². The zero-order valence-electron chi connectivity index (χ0n) is 13.4. The van der Waals surface area contributed by atoms with Crippen LogP contribution in [0.3, 0.4) is 0 Å². The summed E-state index contributed by atoms with van der Waals surface area (Å²) >= 11 is 0. The van der Waals surface area contributed by atoms with Crippen molar-refractivity contribution in [3.63, 3.8) is 0 Å². The van der Waals surface area contributed by atoms with Crippen molar-refractivity contribution in [2.45, 2.75) is 40.2 Å². The van der Waals surface area contributed by atoms with E-state index in [1.165, 1.54) is 6.20 Å². The van der Waals surface area contributed by atoms with E-state index in [4.69, 9.17) is 5.73 Å². The molecule has 1 aromatic heterocycles. The molecule has 6 nitrogen and oxygen atoms in total. The molecule has 0 saturated carbocycles. The van der Waals surface area contributed by atoms with Crippen LogP contribution in [0.25, 0.3) is 0 Å². The van der Waals surface area contributed by atoms with E-state index in [2.05, 4.69) is 15.6 Å². The second kappa shape index (κ2) is 9.25. The lowest BCUT2D eigenvalue weighted by Gasteiger charge is -2.22. The maximum Gasteiger partial charge on any atom is 0.247 e. The van der Waals surface area contributed by atoms with Crippen molar-refractivity contribution in [2.75, 3.05) is 11.1 Å². The number of nitrogens with two attached hydrogens (primary N) is 1. The van der Waals surface area contributed by atoms with Crippen LogP contribution in [0.4, 0.5) is 11.5 Å². The summed E-state index contributed by atoms with van der Waals surface area (Å²) in [6.45, 7) is 7.70. The summed E-state index contributed by atoms with van der Waals surface area (Å²) in [6, 6.07) is 2.71. The van der Waals surface area contributed by atoms with E-state index in [9.17, 15) is 9.59 Å². The number of carbonyl (C=O) groups is 2. The van der Waals surface area contributed by atoms with Gasteiger partial charge in [-0.05, 0) is 24.0 Å². The number of carbonyl (C=O) groups excluding carboxylic acids is 2. The summed E-state index contributed by atoms with van der Waals surface area (Å²) in [7, 11) is 0. The minimum absolute atomic E-state index is 0. The van der Waals surface area contributed by atoms with Crippen LogP contribution < -0.4 is 16.4 Å². The summed E-state index contributed by atoms with van der Waals surface area (Å²) in [5, 5.41) is 5.52. The third-order valence-electron chi connectivity index (χ3n) is 2.91. The molecule has 0 aliphatic rings. The van der Waals surface area contributed by atoms with E-state index >= 15 is 0 Å². The zero-order valence-corrected chi connectivity index (χ0v) is 14.2. The standard InChI is InChI=1S/C15H24N4O2.ClH/c1-9(2)7-13(20)19-14(10(3)4)15(21)18-11-5-6-12(16)17-8-11;/h5-6,8-10,14H,7H2,1-4H3,(H2,16,17)(H,18,21)(H,19,20);1H. The van der Waals surface area contributed by atoms with Gasteiger partial charge in [-0.1, -0.05) is 27.7 Å². The average molecular weight is 329 g/mol. The molecule has 0 aromatic carbocycles. The summed E-state index contributed by atoms with van der Waals surface area (Å²) in [5.74, 6) is 0.256. The molecule has 1 unspecified atom stereocenters. The van der Waals surface area contributed by atoms with Crippen LogP contribution in [0.5, 0.6) is 0 Å². The van der Waals surface area contributed by atoms with Crippen molar-refractivity contribution in [3.05, 3.63) is 18.3 Å². The first-order valence-corrected chi connectivity index (χ1v) is 7.11. The molecule has 0 spiro atoms. The highest BCUT2D eigenvalue weighted by Crippen LogP contribution is 2.11. The summed E-state index contributed by atoms with van der Waals surface area (Å²) in [6.07, 6.45) is 1.89. The van der Waals surface area contributed by atoms with Crippen molar-refractivity contribution in [1.29, 1.82) is 0 Å². The number of pyridine rings is 1. The minimum Gasteiger partial charge on any atom is -0.384 e. The number of aromatic nitrogens is 1. The molecule has 0 saturated heterocycles. The largest absolute Gasteiger partial charge is 0.384 e. The lowest BCUT2D eigenvalue weighted by atomic mass is 10.0. The molecule has 0 fully saturated rings. The van der Waals surface area contributed by atoms with Gasteiger partial charge in [-0.25, -0.2) is 4.98 Å². The second-order valence-electron chi connectivity index (χ2n) is 5.85. The topological polar surface area (TPSA) is 97.1 Å². The van der Waals surface area contributed by atoms with E-state index in [0.717, 1.165) is 0 Å². The normalized spacial score (nSPS) is 11.7. The molecule has 1 heterocycles. The Morgan fingerprint density at radius 3 is 2.32 bits per heavy atom. The molecule has 1 rings (SSSR count). The molecule has 4 N–H and O–H groups in total. The Hall–Kier alpha value is -1.82. The molecule has 1 atom stereocenters. The highest BCUT2D eigenvalue weighted by Gasteiger charge is 2.24. The van der Waals surface area contributed by atoms with Crippen LogP contribution in [0.2, 0.25) is 0 Å². The average Bonchev–Trinajstić information content (AvgIpc) is 2.37. The molecule has 124 valence electrons. The van der Waals surface area contributed by atoms with Crippen LogP contribution in [0.15, 0.2) is 18.3 Å². The predicted octanol–water partition coefficient (Wildman–Crippen LogP) is 2.21. The Bertz CT molecular complexity index is 489. The number of hydrogen-bond donors (Lipinski definition) is 3. The molecule has 22 heavy (non-hydrogen) atoms. The number of nitrogen functional groups attached to an aromatic ring is 1. The minimum atomic E-state index is -0.575. The number of nitrogens with one attached hydrogen (secondary N) is 2. The van der Waals surface area contributed by atoms with Crippen molar-refractivity contribution in [3.8, 4) is 0 Å². The van der Waals surface area contributed by atoms with Crippen LogP contribution in [0, 0.1) is 11.8 Å². The fraction of sp³-hybridized carbons (Fsp3) is 0.533. The molecular weight excluding hydrogens is 304 g/mol. The SMILES string of the molecule is CC(C)CC(=O)NC(C(=O)Nc1ccc(N)nc1)C(C)C.Cl. The molecule has 0 aliphatic heterocycles. The van der Waals surface area contributed by atoms with Gasteiger partial charge in [0.05, 0.1) is 11.9 Å². The molecule has 0 radical (unpaired) electrons. The summed E-state index contributed by atoms with van der Waals surface area (Å²) in [4.78, 5) is 28.0. The van der Waals surface area contributed by atoms with Gasteiger partial charge in [0.15, 0.2) is 0 Å². The lowest BCUT2D eigenvalue weighted by molar-refractivity contribution is -0.127. The smallest absolute Gasteiger partial charge is 0.247 e. The number of halogens is 1. The molecule has 1 aromatic rings. The van der Waals surface area contributed by atoms with Gasteiger partial charge in [0.25, 0.3) is 0 Å². The maximum absolute atomic E-state index is 12.3. The van der Waals surface area contributed by atoms with Gasteiger partial charge in [-0.3, -0.25) is 9.59 Å². The Morgan fingerprint density at radius 1 is 1.23 bits per heavy atom. The molecule has 0 bridgehead atoms. The van der Waals surface area contributed by atoms with Crippen molar-refractivity contribution < 1.29 is 9.59 Å². The third-order valence-corrected chi connectivity index (χ3v) is 2.91. The van der Waals surface area contributed by atoms with E-state index < -0.39 is 6.04 Å². The molecule has 2 amide bonds. The number of amides is 2. The fourth-order valence-corrected chi connectivity index (χ4v) is 1.84. The number of rotatable bonds is 6. The van der Waals surface area contributed by atoms with Crippen molar-refractivity contribution >= 4 is 35.7 Å². The van der Waals surface area contributed by atoms with E-state index in [-0.39, 0.29) is 36.1 Å². The number of nitrogens with zero attached hydrogens (tertiary/aromatic N) is 1. The molecular formula is C15H25ClN4O2. The highest BCUT2D eigenvalue weighted by atomic mass is 35.5. The zero-order chi connectivity index (χ0) is 16.0. The van der Waals surface area contributed by atoms with Crippen LogP contribution in [-0.2, 0) is 9.59 Å². The fourth-order valence-electron chi connectivity index (χ4n) is 1.84. The summed E-state index contributed by atoms with van der Waals surface area (Å²) in [5.41, 5.74) is 6.05. The van der Waals surface area contributed by atoms with Gasteiger partial charge in [0.1, 0.15) is 11.9 Å². The van der Waals surface area contributed by atoms with Gasteiger partial charge in [0, 0.05) is 6.42 Å². The van der Waals surface area contributed by atoms with Gasteiger partial charge in [-0.15, -0.1) is 12.4 Å². The first kappa shape index (κ1) is 20.2. The Labute approximate surface area is 137 Å². The van der Waals surface area contributed by atoms with E-state index in [1.807, 2.05) is 27.7 Å². The van der Waals surface area contributed by atoms with Crippen molar-refractivity contribution in [1.82, 2.24) is 10.3 Å². The number of hydrogen-bond acceptors (Lipinski definition) is 4. The lowest BCUT2D eigenvalue weighted by Crippen LogP contribution is -2.47. The Kier molecular flexibility index (Phi) is 8.48. The van der Waals surface area contributed by atoms with Gasteiger partial charge < -0.3 is 16.4 Å². The van der Waals surface area contributed by atoms with Crippen LogP contribution in [-0.4, -0.2) is 22.8 Å². The first-order valence-electron chi connectivity index (χ1n) is 7.11. The second-order valence-corrected chi connectivity index (χ2v) is 5.85. The summed E-state index contributed by atoms with van der Waals surface area (Å²) < 4.78 is 0. The van der Waals surface area contributed by atoms with Crippen molar-refractivity contribution in [2.24, 2.45) is 11.8 Å². The third kappa shape index (κ3) is 6.76. The molecule has 7 heteroatoms. The number of anilines is 2. The monoisotopic (exact) mass is 328 g/mol. The Morgan fingerprint density at radius 2 is 1.86 bits per heavy atom. The first-order chi connectivity index (χ1) is 9.79. The highest BCUT2D eigenvalue weighted by molar-refractivity contribution is 5.97. The quantitative estimate of drug-likeness (QED) is 0.745. The van der Waals surface area contributed by atoms with Crippen LogP contribution in [0.1, 0.15) is 34.1 Å². The van der Waals surface area contributed by atoms with Gasteiger partial charge in [0.2, 0.25) is 11.8 Å². The maximum atomic E-state index is 12.3. The predicted molar refractivity (Wildman–Crippen MR) is 90.8 cm³/mol.